The fraction of sp³-hybridized carbons (Fsp3) is 0.320. The fourth-order valence-corrected chi connectivity index (χ4v) is 4.58. The van der Waals surface area contributed by atoms with Crippen molar-refractivity contribution in [3.05, 3.63) is 70.9 Å². The van der Waals surface area contributed by atoms with Crippen molar-refractivity contribution in [2.45, 2.75) is 32.2 Å². The number of aromatic amines is 1. The van der Waals surface area contributed by atoms with Crippen LogP contribution in [-0.4, -0.2) is 41.2 Å². The molecule has 1 aliphatic heterocycles. The Kier molecular flexibility index (Phi) is 6.39. The van der Waals surface area contributed by atoms with Gasteiger partial charge in [-0.15, -0.1) is 0 Å². The first-order valence-electron chi connectivity index (χ1n) is 10.7. The highest BCUT2D eigenvalue weighted by atomic mass is 16.5. The highest BCUT2D eigenvalue weighted by Crippen LogP contribution is 2.33. The lowest BCUT2D eigenvalue weighted by Gasteiger charge is -2.25. The molecule has 0 radical (unpaired) electrons. The van der Waals surface area contributed by atoms with Crippen molar-refractivity contribution in [1.29, 1.82) is 0 Å². The maximum Gasteiger partial charge on any atom is 0.267 e. The van der Waals surface area contributed by atoms with Crippen LogP contribution in [0, 0.1) is 6.92 Å². The zero-order valence-corrected chi connectivity index (χ0v) is 18.0. The van der Waals surface area contributed by atoms with Gasteiger partial charge in [0.25, 0.3) is 5.91 Å². The van der Waals surface area contributed by atoms with Crippen molar-refractivity contribution >= 4 is 22.9 Å². The lowest BCUT2D eigenvalue weighted by atomic mass is 10.0. The van der Waals surface area contributed by atoms with Gasteiger partial charge in [0.2, 0.25) is 0 Å². The van der Waals surface area contributed by atoms with Gasteiger partial charge in [-0.3, -0.25) is 14.9 Å². The Hall–Kier alpha value is -3.09. The summed E-state index contributed by atoms with van der Waals surface area (Å²) in [5, 5.41) is 9.83. The van der Waals surface area contributed by atoms with E-state index in [0.29, 0.717) is 6.04 Å². The second-order valence-corrected chi connectivity index (χ2v) is 8.06. The van der Waals surface area contributed by atoms with Gasteiger partial charge in [0.05, 0.1) is 7.11 Å². The number of H-pyrrole nitrogens is 1. The number of methoxy groups -OCH3 is 1. The Balaban J connectivity index is 1.46. The molecular formula is C25H29N3O3. The van der Waals surface area contributed by atoms with E-state index >= 15 is 0 Å². The molecule has 1 aromatic heterocycles. The third kappa shape index (κ3) is 4.65. The lowest BCUT2D eigenvalue weighted by molar-refractivity contribution is -0.124. The standard InChI is InChI=1S/C25H29N3O3/c1-17-21(22-16-20(31-2)10-11-23(22)26-17)13-15-28-14-3-4-24(28)19-8-5-18(6-9-19)7-12-25(29)27-30/h5-12,16,24,26,30H,3-4,13-15H2,1-2H3,(H,27,29)/b12-7+. The average Bonchev–Trinajstić information content (AvgIpc) is 3.39. The van der Waals surface area contributed by atoms with Crippen LogP contribution in [0.3, 0.4) is 0 Å². The smallest absolute Gasteiger partial charge is 0.267 e. The zero-order valence-electron chi connectivity index (χ0n) is 18.0. The maximum absolute atomic E-state index is 11.2. The van der Waals surface area contributed by atoms with Gasteiger partial charge >= 0.3 is 0 Å². The number of fused-ring (bicyclic) bond motifs is 1. The van der Waals surface area contributed by atoms with Crippen molar-refractivity contribution in [2.24, 2.45) is 0 Å². The van der Waals surface area contributed by atoms with Gasteiger partial charge in [-0.05, 0) is 73.7 Å². The van der Waals surface area contributed by atoms with Gasteiger partial charge in [0.15, 0.2) is 0 Å². The Labute approximate surface area is 182 Å². The second-order valence-electron chi connectivity index (χ2n) is 8.06. The molecule has 1 atom stereocenters. The molecule has 3 N–H and O–H groups in total. The average molecular weight is 420 g/mol. The minimum Gasteiger partial charge on any atom is -0.497 e. The largest absolute Gasteiger partial charge is 0.497 e. The summed E-state index contributed by atoms with van der Waals surface area (Å²) in [6.45, 7) is 4.26. The van der Waals surface area contributed by atoms with Gasteiger partial charge in [-0.2, -0.15) is 0 Å². The third-order valence-corrected chi connectivity index (χ3v) is 6.20. The highest BCUT2D eigenvalue weighted by Gasteiger charge is 2.26. The molecule has 162 valence electrons. The summed E-state index contributed by atoms with van der Waals surface area (Å²) in [6.07, 6.45) is 6.35. The molecule has 0 aliphatic carbocycles. The van der Waals surface area contributed by atoms with E-state index in [1.54, 1.807) is 18.7 Å². The first kappa shape index (κ1) is 21.2. The molecule has 1 amide bonds. The summed E-state index contributed by atoms with van der Waals surface area (Å²) in [6, 6.07) is 14.9. The normalized spacial score (nSPS) is 16.9. The van der Waals surface area contributed by atoms with Crippen LogP contribution < -0.4 is 10.2 Å². The minimum absolute atomic E-state index is 0.416. The van der Waals surface area contributed by atoms with Crippen LogP contribution in [0.2, 0.25) is 0 Å². The van der Waals surface area contributed by atoms with Crippen LogP contribution in [-0.2, 0) is 11.2 Å². The van der Waals surface area contributed by atoms with Gasteiger partial charge in [0, 0.05) is 35.3 Å². The molecule has 3 aromatic rings. The van der Waals surface area contributed by atoms with Crippen molar-refractivity contribution < 1.29 is 14.7 Å². The molecule has 0 spiro atoms. The quantitative estimate of drug-likeness (QED) is 0.302. The van der Waals surface area contributed by atoms with Crippen molar-refractivity contribution in [1.82, 2.24) is 15.4 Å². The van der Waals surface area contributed by atoms with Crippen molar-refractivity contribution in [3.8, 4) is 5.75 Å². The number of aryl methyl sites for hydroxylation is 1. The SMILES string of the molecule is COc1ccc2[nH]c(C)c(CCN3CCCC3c3ccc(/C=C/C(=O)NO)cc3)c2c1. The van der Waals surface area contributed by atoms with Gasteiger partial charge in [-0.1, -0.05) is 24.3 Å². The fourth-order valence-electron chi connectivity index (χ4n) is 4.58. The first-order valence-corrected chi connectivity index (χ1v) is 10.7. The molecule has 2 aromatic carbocycles. The number of amides is 1. The molecule has 31 heavy (non-hydrogen) atoms. The molecule has 2 heterocycles. The summed E-state index contributed by atoms with van der Waals surface area (Å²) in [5.41, 5.74) is 7.58. The van der Waals surface area contributed by atoms with Crippen LogP contribution in [0.25, 0.3) is 17.0 Å². The number of hydrogen-bond acceptors (Lipinski definition) is 4. The molecule has 4 rings (SSSR count). The molecule has 1 saturated heterocycles. The summed E-state index contributed by atoms with van der Waals surface area (Å²) in [5.74, 6) is 0.355. The van der Waals surface area contributed by atoms with E-state index in [4.69, 9.17) is 9.94 Å². The highest BCUT2D eigenvalue weighted by molar-refractivity contribution is 5.90. The predicted octanol–water partition coefficient (Wildman–Crippen LogP) is 4.38. The topological polar surface area (TPSA) is 77.6 Å². The van der Waals surface area contributed by atoms with E-state index in [1.165, 1.54) is 34.7 Å². The Morgan fingerprint density at radius 2 is 2.10 bits per heavy atom. The number of rotatable bonds is 7. The van der Waals surface area contributed by atoms with Crippen molar-refractivity contribution in [3.63, 3.8) is 0 Å². The van der Waals surface area contributed by atoms with E-state index in [0.717, 1.165) is 42.8 Å². The van der Waals surface area contributed by atoms with Crippen LogP contribution in [0.4, 0.5) is 0 Å². The number of aromatic nitrogens is 1. The summed E-state index contributed by atoms with van der Waals surface area (Å²) in [4.78, 5) is 17.2. The number of ether oxygens (including phenoxy) is 1. The van der Waals surface area contributed by atoms with E-state index < -0.39 is 5.91 Å². The minimum atomic E-state index is -0.531. The van der Waals surface area contributed by atoms with E-state index in [-0.39, 0.29) is 0 Å². The number of carbonyl (C=O) groups excluding carboxylic acids is 1. The van der Waals surface area contributed by atoms with Crippen LogP contribution in [0.15, 0.2) is 48.5 Å². The van der Waals surface area contributed by atoms with E-state index in [1.807, 2.05) is 18.2 Å². The zero-order chi connectivity index (χ0) is 21.8. The van der Waals surface area contributed by atoms with Gasteiger partial charge in [-0.25, -0.2) is 5.48 Å². The van der Waals surface area contributed by atoms with Gasteiger partial charge < -0.3 is 9.72 Å². The predicted molar refractivity (Wildman–Crippen MR) is 122 cm³/mol. The van der Waals surface area contributed by atoms with Crippen LogP contribution in [0.1, 0.15) is 41.3 Å². The Morgan fingerprint density at radius 3 is 2.84 bits per heavy atom. The summed E-state index contributed by atoms with van der Waals surface area (Å²) in [7, 11) is 1.71. The van der Waals surface area contributed by atoms with E-state index in [9.17, 15) is 4.79 Å². The maximum atomic E-state index is 11.2. The van der Waals surface area contributed by atoms with Crippen LogP contribution >= 0.6 is 0 Å². The molecule has 0 saturated carbocycles. The lowest BCUT2D eigenvalue weighted by Crippen LogP contribution is -2.25. The molecule has 0 bridgehead atoms. The number of nitrogens with zero attached hydrogens (tertiary/aromatic N) is 1. The molecule has 1 fully saturated rings. The number of hydroxylamine groups is 1. The molecule has 6 heteroatoms. The molecule has 1 unspecified atom stereocenters. The number of benzene rings is 2. The van der Waals surface area contributed by atoms with Crippen molar-refractivity contribution in [2.75, 3.05) is 20.2 Å². The number of nitrogens with one attached hydrogen (secondary N) is 2. The number of carbonyl (C=O) groups is 1. The molecular weight excluding hydrogens is 390 g/mol. The van der Waals surface area contributed by atoms with Crippen LogP contribution in [0.5, 0.6) is 5.75 Å². The monoisotopic (exact) mass is 419 g/mol. The Morgan fingerprint density at radius 1 is 1.29 bits per heavy atom. The number of hydrogen-bond donors (Lipinski definition) is 3. The number of likely N-dealkylation sites (tertiary alicyclic amines) is 1. The summed E-state index contributed by atoms with van der Waals surface area (Å²) < 4.78 is 5.42. The molecule has 6 nitrogen and oxygen atoms in total. The summed E-state index contributed by atoms with van der Waals surface area (Å²) >= 11 is 0. The Bertz CT molecular complexity index is 1090. The molecule has 1 aliphatic rings. The van der Waals surface area contributed by atoms with E-state index in [2.05, 4.69) is 41.1 Å². The second kappa shape index (κ2) is 9.37. The van der Waals surface area contributed by atoms with Gasteiger partial charge in [0.1, 0.15) is 5.75 Å². The first-order chi connectivity index (χ1) is 15.1. The third-order valence-electron chi connectivity index (χ3n) is 6.20.